The van der Waals surface area contributed by atoms with E-state index >= 15 is 0 Å². The maximum absolute atomic E-state index is 12.1. The van der Waals surface area contributed by atoms with Crippen molar-refractivity contribution in [2.24, 2.45) is 5.73 Å². The van der Waals surface area contributed by atoms with Crippen LogP contribution in [-0.4, -0.2) is 10.9 Å². The molecule has 3 rings (SSSR count). The van der Waals surface area contributed by atoms with Crippen molar-refractivity contribution in [1.29, 1.82) is 0 Å². The average Bonchev–Trinajstić information content (AvgIpc) is 3.21. The Kier molecular flexibility index (Phi) is 8.33. The second-order valence-electron chi connectivity index (χ2n) is 7.06. The Morgan fingerprint density at radius 1 is 1.27 bits per heavy atom. The lowest BCUT2D eigenvalue weighted by Gasteiger charge is -2.16. The Morgan fingerprint density at radius 2 is 2.03 bits per heavy atom. The molecule has 8 heteroatoms. The SMILES string of the molecule is C\C=C/C=C(Cl)\C=C\c1cnc(N)c(-c2cc(OC(C)c3ccccc3Cl)c(C(N)=O)s2)c1. The molecule has 0 aliphatic rings. The van der Waals surface area contributed by atoms with Gasteiger partial charge in [-0.2, -0.15) is 0 Å². The van der Waals surface area contributed by atoms with Gasteiger partial charge in [0.2, 0.25) is 0 Å². The third-order valence-corrected chi connectivity index (χ3v) is 6.42. The van der Waals surface area contributed by atoms with Gasteiger partial charge < -0.3 is 16.2 Å². The summed E-state index contributed by atoms with van der Waals surface area (Å²) in [5.74, 6) is 0.106. The molecule has 4 N–H and O–H groups in total. The fourth-order valence-electron chi connectivity index (χ4n) is 3.02. The predicted octanol–water partition coefficient (Wildman–Crippen LogP) is 7.00. The number of aromatic nitrogens is 1. The number of carbonyl (C=O) groups excluding carboxylic acids is 1. The number of halogens is 2. The molecular weight excluding hydrogens is 477 g/mol. The Bertz CT molecular complexity index is 1250. The van der Waals surface area contributed by atoms with E-state index in [0.717, 1.165) is 11.1 Å². The van der Waals surface area contributed by atoms with E-state index in [-0.39, 0.29) is 0 Å². The quantitative estimate of drug-likeness (QED) is 0.326. The van der Waals surface area contributed by atoms with Crippen molar-refractivity contribution >= 4 is 52.3 Å². The minimum Gasteiger partial charge on any atom is -0.484 e. The van der Waals surface area contributed by atoms with Crippen LogP contribution in [0.1, 0.15) is 40.8 Å². The summed E-state index contributed by atoms with van der Waals surface area (Å²) >= 11 is 13.7. The minimum atomic E-state index is -0.587. The van der Waals surface area contributed by atoms with E-state index in [1.54, 1.807) is 30.5 Å². The van der Waals surface area contributed by atoms with Gasteiger partial charge in [-0.05, 0) is 49.8 Å². The van der Waals surface area contributed by atoms with Gasteiger partial charge in [-0.25, -0.2) is 4.98 Å². The number of thiophene rings is 1. The van der Waals surface area contributed by atoms with Crippen LogP contribution in [0.25, 0.3) is 16.5 Å². The number of hydrogen-bond acceptors (Lipinski definition) is 5. The monoisotopic (exact) mass is 499 g/mol. The molecule has 1 unspecified atom stereocenters. The molecule has 0 saturated carbocycles. The number of benzene rings is 1. The maximum Gasteiger partial charge on any atom is 0.262 e. The van der Waals surface area contributed by atoms with Crippen molar-refractivity contribution < 1.29 is 9.53 Å². The van der Waals surface area contributed by atoms with Crippen molar-refractivity contribution in [2.45, 2.75) is 20.0 Å². The van der Waals surface area contributed by atoms with Gasteiger partial charge in [-0.3, -0.25) is 4.79 Å². The van der Waals surface area contributed by atoms with Crippen LogP contribution in [0.5, 0.6) is 5.75 Å². The number of pyridine rings is 1. The van der Waals surface area contributed by atoms with Crippen LogP contribution in [0.4, 0.5) is 5.82 Å². The smallest absolute Gasteiger partial charge is 0.262 e. The van der Waals surface area contributed by atoms with E-state index in [4.69, 9.17) is 39.4 Å². The number of primary amides is 1. The van der Waals surface area contributed by atoms with Gasteiger partial charge in [0.25, 0.3) is 5.91 Å². The molecule has 0 aliphatic carbocycles. The number of carbonyl (C=O) groups is 1. The Balaban J connectivity index is 1.95. The number of rotatable bonds is 8. The second kappa shape index (κ2) is 11.2. The van der Waals surface area contributed by atoms with Crippen molar-refractivity contribution in [3.63, 3.8) is 0 Å². The predicted molar refractivity (Wildman–Crippen MR) is 139 cm³/mol. The molecule has 0 radical (unpaired) electrons. The summed E-state index contributed by atoms with van der Waals surface area (Å²) in [5, 5.41) is 1.15. The second-order valence-corrected chi connectivity index (χ2v) is 8.96. The molecule has 1 aromatic carbocycles. The fourth-order valence-corrected chi connectivity index (χ4v) is 4.42. The van der Waals surface area contributed by atoms with E-state index in [0.29, 0.717) is 36.9 Å². The number of allylic oxidation sites excluding steroid dienone is 5. The molecule has 0 saturated heterocycles. The van der Waals surface area contributed by atoms with Gasteiger partial charge in [0, 0.05) is 32.3 Å². The number of nitrogen functional groups attached to an aromatic ring is 1. The van der Waals surface area contributed by atoms with Crippen molar-refractivity contribution in [3.05, 3.63) is 93.0 Å². The summed E-state index contributed by atoms with van der Waals surface area (Å²) in [4.78, 5) is 17.4. The summed E-state index contributed by atoms with van der Waals surface area (Å²) < 4.78 is 6.08. The molecule has 1 atom stereocenters. The van der Waals surface area contributed by atoms with Crippen LogP contribution >= 0.6 is 34.5 Å². The molecule has 1 amide bonds. The highest BCUT2D eigenvalue weighted by Gasteiger charge is 2.21. The van der Waals surface area contributed by atoms with E-state index in [1.807, 2.05) is 56.3 Å². The van der Waals surface area contributed by atoms with Crippen LogP contribution in [0, 0.1) is 0 Å². The van der Waals surface area contributed by atoms with Crippen LogP contribution in [0.2, 0.25) is 5.02 Å². The highest BCUT2D eigenvalue weighted by atomic mass is 35.5. The third-order valence-electron chi connectivity index (χ3n) is 4.66. The summed E-state index contributed by atoms with van der Waals surface area (Å²) in [6.07, 6.45) is 10.4. The molecule has 2 aromatic heterocycles. The average molecular weight is 500 g/mol. The Morgan fingerprint density at radius 3 is 2.73 bits per heavy atom. The Hall–Kier alpha value is -3.06. The van der Waals surface area contributed by atoms with Crippen molar-refractivity contribution in [1.82, 2.24) is 4.98 Å². The molecule has 3 aromatic rings. The molecule has 0 fully saturated rings. The van der Waals surface area contributed by atoms with Gasteiger partial charge in [-0.1, -0.05) is 59.6 Å². The zero-order valence-corrected chi connectivity index (χ0v) is 20.4. The molecule has 5 nitrogen and oxygen atoms in total. The first-order valence-electron chi connectivity index (χ1n) is 10.1. The molecule has 0 bridgehead atoms. The van der Waals surface area contributed by atoms with Crippen LogP contribution < -0.4 is 16.2 Å². The lowest BCUT2D eigenvalue weighted by Crippen LogP contribution is -2.12. The highest BCUT2D eigenvalue weighted by molar-refractivity contribution is 7.17. The third kappa shape index (κ3) is 6.26. The molecule has 170 valence electrons. The highest BCUT2D eigenvalue weighted by Crippen LogP contribution is 2.40. The van der Waals surface area contributed by atoms with Crippen molar-refractivity contribution in [3.8, 4) is 16.2 Å². The van der Waals surface area contributed by atoms with E-state index in [2.05, 4.69) is 4.98 Å². The summed E-state index contributed by atoms with van der Waals surface area (Å²) in [6, 6.07) is 11.0. The van der Waals surface area contributed by atoms with Gasteiger partial charge in [0.15, 0.2) is 0 Å². The van der Waals surface area contributed by atoms with Crippen LogP contribution in [-0.2, 0) is 0 Å². The van der Waals surface area contributed by atoms with Gasteiger partial charge in [0.05, 0.1) is 0 Å². The zero-order chi connectivity index (χ0) is 24.0. The van der Waals surface area contributed by atoms with Crippen LogP contribution in [0.15, 0.2) is 71.9 Å². The number of nitrogens with zero attached hydrogens (tertiary/aromatic N) is 1. The molecule has 0 aliphatic heterocycles. The van der Waals surface area contributed by atoms with Crippen molar-refractivity contribution in [2.75, 3.05) is 5.73 Å². The molecule has 33 heavy (non-hydrogen) atoms. The topological polar surface area (TPSA) is 91.2 Å². The minimum absolute atomic E-state index is 0.293. The van der Waals surface area contributed by atoms with Gasteiger partial charge in [0.1, 0.15) is 22.5 Å². The first-order chi connectivity index (χ1) is 15.8. The summed E-state index contributed by atoms with van der Waals surface area (Å²) in [6.45, 7) is 3.77. The molecule has 0 spiro atoms. The van der Waals surface area contributed by atoms with E-state index in [1.165, 1.54) is 11.3 Å². The zero-order valence-electron chi connectivity index (χ0n) is 18.1. The number of nitrogens with two attached hydrogens (primary N) is 2. The lowest BCUT2D eigenvalue weighted by atomic mass is 10.1. The fraction of sp³-hybridized carbons (Fsp3) is 0.120. The normalized spacial score (nSPS) is 13.0. The largest absolute Gasteiger partial charge is 0.484 e. The first-order valence-corrected chi connectivity index (χ1v) is 11.6. The number of anilines is 1. The number of amides is 1. The number of hydrogen-bond donors (Lipinski definition) is 2. The van der Waals surface area contributed by atoms with Gasteiger partial charge in [-0.15, -0.1) is 11.3 Å². The van der Waals surface area contributed by atoms with Gasteiger partial charge >= 0.3 is 0 Å². The first kappa shape index (κ1) is 24.6. The standard InChI is InChI=1S/C25H23Cl2N3O2S/c1-3-4-7-17(26)11-10-16-12-19(24(28)30-14-16)22-13-21(23(33-22)25(29)31)32-15(2)18-8-5-6-9-20(18)27/h3-15H,1-2H3,(H2,28,30)(H2,29,31)/b4-3-,11-10+,17-7+. The van der Waals surface area contributed by atoms with E-state index in [9.17, 15) is 4.79 Å². The lowest BCUT2D eigenvalue weighted by molar-refractivity contribution is 0.0998. The molecular formula is C25H23Cl2N3O2S. The van der Waals surface area contributed by atoms with Crippen LogP contribution in [0.3, 0.4) is 0 Å². The summed E-state index contributed by atoms with van der Waals surface area (Å²) in [5.41, 5.74) is 14.0. The Labute approximate surface area is 207 Å². The maximum atomic E-state index is 12.1. The molecule has 2 heterocycles. The van der Waals surface area contributed by atoms with E-state index < -0.39 is 12.0 Å². The summed E-state index contributed by atoms with van der Waals surface area (Å²) in [7, 11) is 0. The number of ether oxygens (including phenoxy) is 1.